The number of hydrogen-bond acceptors (Lipinski definition) is 2. The van der Waals surface area contributed by atoms with E-state index in [0.717, 1.165) is 5.56 Å². The zero-order chi connectivity index (χ0) is 9.97. The van der Waals surface area contributed by atoms with Gasteiger partial charge in [-0.2, -0.15) is 0 Å². The largest absolute Gasteiger partial charge is 0.426 e. The topological polar surface area (TPSA) is 39.0 Å². The van der Waals surface area contributed by atoms with Crippen LogP contribution < -0.4 is 10.3 Å². The summed E-state index contributed by atoms with van der Waals surface area (Å²) in [7, 11) is 1.70. The fraction of sp³-hybridized carbons (Fsp3) is 0.200. The van der Waals surface area contributed by atoms with Crippen LogP contribution in [0.4, 0.5) is 0 Å². The lowest BCUT2D eigenvalue weighted by molar-refractivity contribution is -0.781. The third kappa shape index (κ3) is 1.74. The molecule has 4 heteroatoms. The van der Waals surface area contributed by atoms with Gasteiger partial charge < -0.3 is 0 Å². The number of benzene rings is 1. The molecule has 2 rings (SSSR count). The van der Waals surface area contributed by atoms with E-state index in [0.29, 0.717) is 6.54 Å². The maximum atomic E-state index is 10.9. The van der Waals surface area contributed by atoms with E-state index in [1.807, 2.05) is 30.3 Å². The van der Waals surface area contributed by atoms with Crippen LogP contribution in [0.5, 0.6) is 0 Å². The predicted molar refractivity (Wildman–Crippen MR) is 49.7 cm³/mol. The van der Waals surface area contributed by atoms with Crippen LogP contribution >= 0.6 is 0 Å². The van der Waals surface area contributed by atoms with Crippen molar-refractivity contribution in [2.24, 2.45) is 7.05 Å². The Bertz CT molecular complexity index is 470. The van der Waals surface area contributed by atoms with E-state index in [-0.39, 0.29) is 5.63 Å². The molecule has 2 aromatic rings. The molecule has 0 aliphatic heterocycles. The molecule has 0 saturated carbocycles. The molecule has 0 bridgehead atoms. The third-order valence-electron chi connectivity index (χ3n) is 2.03. The summed E-state index contributed by atoms with van der Waals surface area (Å²) in [4.78, 5) is 12.3. The van der Waals surface area contributed by atoms with Gasteiger partial charge in [-0.15, -0.1) is 0 Å². The molecule has 1 aromatic heterocycles. The average molecular weight is 191 g/mol. The minimum Gasteiger partial charge on any atom is -0.282 e. The Morgan fingerprint density at radius 1 is 1.36 bits per heavy atom. The Morgan fingerprint density at radius 3 is 2.64 bits per heavy atom. The van der Waals surface area contributed by atoms with Crippen molar-refractivity contribution >= 4 is 0 Å². The van der Waals surface area contributed by atoms with E-state index in [1.165, 1.54) is 11.1 Å². The molecule has 0 aliphatic rings. The monoisotopic (exact) mass is 191 g/mol. The van der Waals surface area contributed by atoms with Gasteiger partial charge in [0.15, 0.2) is 0 Å². The lowest BCUT2D eigenvalue weighted by Crippen LogP contribution is -2.41. The van der Waals surface area contributed by atoms with Gasteiger partial charge in [-0.3, -0.25) is 4.52 Å². The smallest absolute Gasteiger partial charge is 0.282 e. The van der Waals surface area contributed by atoms with Crippen LogP contribution in [0.2, 0.25) is 0 Å². The van der Waals surface area contributed by atoms with Gasteiger partial charge in [0.2, 0.25) is 6.54 Å². The zero-order valence-electron chi connectivity index (χ0n) is 7.88. The average Bonchev–Trinajstić information content (AvgIpc) is 2.47. The van der Waals surface area contributed by atoms with E-state index in [9.17, 15) is 4.79 Å². The molecular weight excluding hydrogens is 180 g/mol. The van der Waals surface area contributed by atoms with E-state index in [2.05, 4.69) is 0 Å². The number of hydrogen-bond donors (Lipinski definition) is 0. The van der Waals surface area contributed by atoms with Crippen molar-refractivity contribution in [2.75, 3.05) is 0 Å². The second kappa shape index (κ2) is 3.49. The van der Waals surface area contributed by atoms with E-state index < -0.39 is 0 Å². The molecule has 1 heterocycles. The lowest BCUT2D eigenvalue weighted by Gasteiger charge is -1.94. The van der Waals surface area contributed by atoms with Gasteiger partial charge in [-0.1, -0.05) is 35.0 Å². The first kappa shape index (κ1) is 8.74. The molecule has 0 radical (unpaired) electrons. The Balaban J connectivity index is 2.27. The summed E-state index contributed by atoms with van der Waals surface area (Å²) in [5, 5.41) is 0. The summed E-state index contributed by atoms with van der Waals surface area (Å²) in [6, 6.07) is 9.90. The van der Waals surface area contributed by atoms with Gasteiger partial charge >= 0.3 is 5.63 Å². The van der Waals surface area contributed by atoms with Crippen molar-refractivity contribution in [2.45, 2.75) is 6.54 Å². The molecule has 0 N–H and O–H groups in total. The van der Waals surface area contributed by atoms with Gasteiger partial charge in [0.05, 0.1) is 0 Å². The first-order valence-corrected chi connectivity index (χ1v) is 4.37. The summed E-state index contributed by atoms with van der Waals surface area (Å²) >= 11 is 0. The SMILES string of the molecule is Cn1oc(=O)c[n+]1Cc1ccccc1. The molecule has 1 aromatic carbocycles. The fourth-order valence-corrected chi connectivity index (χ4v) is 1.32. The van der Waals surface area contributed by atoms with Crippen molar-refractivity contribution in [3.05, 3.63) is 52.5 Å². The number of rotatable bonds is 2. The van der Waals surface area contributed by atoms with Crippen molar-refractivity contribution in [1.29, 1.82) is 0 Å². The Kier molecular flexibility index (Phi) is 2.18. The highest BCUT2D eigenvalue weighted by Gasteiger charge is 2.10. The predicted octanol–water partition coefficient (Wildman–Crippen LogP) is 0.314. The van der Waals surface area contributed by atoms with Gasteiger partial charge in [0.1, 0.15) is 7.05 Å². The molecule has 0 fully saturated rings. The second-order valence-corrected chi connectivity index (χ2v) is 3.09. The number of aromatic nitrogens is 2. The van der Waals surface area contributed by atoms with E-state index in [4.69, 9.17) is 4.52 Å². The van der Waals surface area contributed by atoms with Crippen LogP contribution in [0.1, 0.15) is 5.56 Å². The first-order valence-electron chi connectivity index (χ1n) is 4.37. The summed E-state index contributed by atoms with van der Waals surface area (Å²) in [5.74, 6) is 0. The van der Waals surface area contributed by atoms with Crippen LogP contribution in [-0.2, 0) is 13.6 Å². The maximum Gasteiger partial charge on any atom is 0.426 e. The summed E-state index contributed by atoms with van der Waals surface area (Å²) < 4.78 is 6.53. The quantitative estimate of drug-likeness (QED) is 0.641. The molecule has 0 aliphatic carbocycles. The highest BCUT2D eigenvalue weighted by molar-refractivity contribution is 5.12. The third-order valence-corrected chi connectivity index (χ3v) is 2.03. The summed E-state index contributed by atoms with van der Waals surface area (Å²) in [5.41, 5.74) is 0.803. The molecule has 4 nitrogen and oxygen atoms in total. The lowest BCUT2D eigenvalue weighted by atomic mass is 10.2. The zero-order valence-corrected chi connectivity index (χ0v) is 7.88. The highest BCUT2D eigenvalue weighted by Crippen LogP contribution is 1.96. The Labute approximate surface area is 81.0 Å². The molecule has 72 valence electrons. The summed E-state index contributed by atoms with van der Waals surface area (Å²) in [6.07, 6.45) is 1.44. The van der Waals surface area contributed by atoms with Crippen LogP contribution in [0, 0.1) is 0 Å². The minimum absolute atomic E-state index is 0.330. The molecular formula is C10H11N2O2+. The standard InChI is InChI=1S/C10H11N2O2/c1-11-12(8-10(13)14-11)7-9-5-3-2-4-6-9/h2-6,8H,7H2,1H3/q+1. The van der Waals surface area contributed by atoms with Crippen LogP contribution in [0.15, 0.2) is 45.8 Å². The van der Waals surface area contributed by atoms with Crippen LogP contribution in [0.25, 0.3) is 0 Å². The molecule has 14 heavy (non-hydrogen) atoms. The maximum absolute atomic E-state index is 10.9. The van der Waals surface area contributed by atoms with Crippen molar-refractivity contribution in [3.63, 3.8) is 0 Å². The summed E-state index contributed by atoms with van der Waals surface area (Å²) in [6.45, 7) is 0.642. The number of nitrogens with zero attached hydrogens (tertiary/aromatic N) is 2. The van der Waals surface area contributed by atoms with E-state index >= 15 is 0 Å². The Morgan fingerprint density at radius 2 is 2.07 bits per heavy atom. The van der Waals surface area contributed by atoms with E-state index in [1.54, 1.807) is 11.7 Å². The van der Waals surface area contributed by atoms with Crippen molar-refractivity contribution < 1.29 is 9.20 Å². The van der Waals surface area contributed by atoms with Gasteiger partial charge in [0, 0.05) is 5.56 Å². The van der Waals surface area contributed by atoms with Gasteiger partial charge in [-0.05, 0) is 4.85 Å². The molecule has 0 unspecified atom stereocenters. The van der Waals surface area contributed by atoms with Crippen LogP contribution in [-0.4, -0.2) is 4.85 Å². The molecule has 0 saturated heterocycles. The minimum atomic E-state index is -0.330. The van der Waals surface area contributed by atoms with Crippen LogP contribution in [0.3, 0.4) is 0 Å². The molecule has 0 amide bonds. The molecule has 0 spiro atoms. The fourth-order valence-electron chi connectivity index (χ4n) is 1.32. The second-order valence-electron chi connectivity index (χ2n) is 3.09. The molecule has 0 atom stereocenters. The normalized spacial score (nSPS) is 10.4. The van der Waals surface area contributed by atoms with Crippen molar-refractivity contribution in [3.8, 4) is 0 Å². The highest BCUT2D eigenvalue weighted by atomic mass is 16.5. The first-order chi connectivity index (χ1) is 6.75. The van der Waals surface area contributed by atoms with Crippen molar-refractivity contribution in [1.82, 2.24) is 4.85 Å². The number of aryl methyl sites for hydroxylation is 1. The van der Waals surface area contributed by atoms with Gasteiger partial charge in [0.25, 0.3) is 6.20 Å². The Hall–Kier alpha value is -1.84. The van der Waals surface area contributed by atoms with Gasteiger partial charge in [-0.25, -0.2) is 4.79 Å².